The molecule has 1 heterocycles. The van der Waals surface area contributed by atoms with Crippen LogP contribution in [0.2, 0.25) is 0 Å². The predicted molar refractivity (Wildman–Crippen MR) is 92.1 cm³/mol. The van der Waals surface area contributed by atoms with Crippen molar-refractivity contribution in [2.24, 2.45) is 5.92 Å². The van der Waals surface area contributed by atoms with Gasteiger partial charge in [0.2, 0.25) is 0 Å². The maximum atomic E-state index is 5.90. The normalized spacial score (nSPS) is 11.7. The average molecular weight is 374 g/mol. The lowest BCUT2D eigenvalue weighted by molar-refractivity contribution is 0.105. The molecule has 2 aromatic rings. The zero-order valence-electron chi connectivity index (χ0n) is 12.6. The molecule has 1 aromatic carbocycles. The largest absolute Gasteiger partial charge is 0.381 e. The molecule has 0 spiro atoms. The Morgan fingerprint density at radius 2 is 2.19 bits per heavy atom. The summed E-state index contributed by atoms with van der Waals surface area (Å²) in [5.41, 5.74) is 2.19. The highest BCUT2D eigenvalue weighted by molar-refractivity contribution is 9.10. The smallest absolute Gasteiger partial charge is 0.111 e. The Balaban J connectivity index is 2.07. The Bertz CT molecular complexity index is 583. The third-order valence-corrected chi connectivity index (χ3v) is 3.91. The summed E-state index contributed by atoms with van der Waals surface area (Å²) in [6.45, 7) is 6.86. The zero-order valence-corrected chi connectivity index (χ0v) is 15.0. The molecule has 1 aromatic heterocycles. The van der Waals surface area contributed by atoms with Gasteiger partial charge in [-0.25, -0.2) is 4.98 Å². The molecule has 0 saturated carbocycles. The molecule has 0 aliphatic carbocycles. The van der Waals surface area contributed by atoms with E-state index >= 15 is 0 Å². The number of rotatable bonds is 8. The van der Waals surface area contributed by atoms with Crippen LogP contribution in [-0.2, 0) is 17.7 Å². The Labute approximate surface area is 139 Å². The number of halogens is 2. The second-order valence-corrected chi connectivity index (χ2v) is 6.87. The minimum absolute atomic E-state index is 0.586. The fraction of sp³-hybridized carbons (Fsp3) is 0.562. The minimum atomic E-state index is 0.586. The van der Waals surface area contributed by atoms with Crippen molar-refractivity contribution in [2.75, 3.05) is 19.1 Å². The molecule has 0 atom stereocenters. The van der Waals surface area contributed by atoms with Crippen LogP contribution in [0.5, 0.6) is 0 Å². The molecule has 0 N–H and O–H groups in total. The zero-order chi connectivity index (χ0) is 15.2. The van der Waals surface area contributed by atoms with Crippen molar-refractivity contribution in [3.05, 3.63) is 28.5 Å². The van der Waals surface area contributed by atoms with Crippen molar-refractivity contribution < 1.29 is 4.74 Å². The van der Waals surface area contributed by atoms with Gasteiger partial charge < -0.3 is 9.30 Å². The highest BCUT2D eigenvalue weighted by atomic mass is 79.9. The lowest BCUT2D eigenvalue weighted by atomic mass is 10.2. The summed E-state index contributed by atoms with van der Waals surface area (Å²) in [7, 11) is 0. The van der Waals surface area contributed by atoms with E-state index in [1.54, 1.807) is 0 Å². The third kappa shape index (κ3) is 4.70. The highest BCUT2D eigenvalue weighted by Crippen LogP contribution is 2.21. The molecule has 21 heavy (non-hydrogen) atoms. The van der Waals surface area contributed by atoms with E-state index in [4.69, 9.17) is 21.3 Å². The van der Waals surface area contributed by atoms with E-state index < -0.39 is 0 Å². The number of ether oxygens (including phenoxy) is 1. The van der Waals surface area contributed by atoms with Gasteiger partial charge in [0.15, 0.2) is 0 Å². The van der Waals surface area contributed by atoms with Crippen LogP contribution in [0.3, 0.4) is 0 Å². The van der Waals surface area contributed by atoms with E-state index in [0.29, 0.717) is 11.8 Å². The SMILES string of the molecule is CC(C)COCCCn1c(CCCl)nc2cc(Br)ccc21. The third-order valence-electron chi connectivity index (χ3n) is 3.23. The van der Waals surface area contributed by atoms with Crippen molar-refractivity contribution >= 4 is 38.6 Å². The first-order chi connectivity index (χ1) is 10.1. The molecule has 0 fully saturated rings. The van der Waals surface area contributed by atoms with E-state index in [1.165, 1.54) is 5.52 Å². The Kier molecular flexibility index (Phi) is 6.52. The molecule has 0 bridgehead atoms. The second-order valence-electron chi connectivity index (χ2n) is 5.57. The van der Waals surface area contributed by atoms with Crippen LogP contribution in [-0.4, -0.2) is 28.6 Å². The Morgan fingerprint density at radius 1 is 1.38 bits per heavy atom. The summed E-state index contributed by atoms with van der Waals surface area (Å²) < 4.78 is 8.98. The van der Waals surface area contributed by atoms with Crippen LogP contribution in [0, 0.1) is 5.92 Å². The molecule has 0 radical (unpaired) electrons. The van der Waals surface area contributed by atoms with Crippen molar-refractivity contribution in [3.63, 3.8) is 0 Å². The molecule has 116 valence electrons. The summed E-state index contributed by atoms with van der Waals surface area (Å²) in [5.74, 6) is 2.24. The van der Waals surface area contributed by atoms with Gasteiger partial charge in [-0.05, 0) is 30.5 Å². The van der Waals surface area contributed by atoms with Gasteiger partial charge in [-0.15, -0.1) is 11.6 Å². The Hall–Kier alpha value is -0.580. The molecule has 0 saturated heterocycles. The van der Waals surface area contributed by atoms with E-state index in [0.717, 1.165) is 48.4 Å². The first-order valence-corrected chi connectivity index (χ1v) is 8.73. The number of hydrogen-bond donors (Lipinski definition) is 0. The van der Waals surface area contributed by atoms with Gasteiger partial charge in [0.25, 0.3) is 0 Å². The van der Waals surface area contributed by atoms with Crippen LogP contribution in [0.4, 0.5) is 0 Å². The maximum Gasteiger partial charge on any atom is 0.111 e. The second kappa shape index (κ2) is 8.16. The lowest BCUT2D eigenvalue weighted by Gasteiger charge is -2.10. The van der Waals surface area contributed by atoms with Crippen LogP contribution >= 0.6 is 27.5 Å². The molecular formula is C16H22BrClN2O. The van der Waals surface area contributed by atoms with Gasteiger partial charge in [0.05, 0.1) is 11.0 Å². The molecule has 3 nitrogen and oxygen atoms in total. The molecule has 2 rings (SSSR count). The fourth-order valence-corrected chi connectivity index (χ4v) is 2.84. The fourth-order valence-electron chi connectivity index (χ4n) is 2.32. The molecule has 0 aliphatic heterocycles. The number of imidazole rings is 1. The van der Waals surface area contributed by atoms with Gasteiger partial charge in [-0.3, -0.25) is 0 Å². The van der Waals surface area contributed by atoms with Crippen molar-refractivity contribution in [1.82, 2.24) is 9.55 Å². The van der Waals surface area contributed by atoms with Crippen molar-refractivity contribution in [3.8, 4) is 0 Å². The van der Waals surface area contributed by atoms with Crippen LogP contribution in [0.15, 0.2) is 22.7 Å². The number of aryl methyl sites for hydroxylation is 2. The van der Waals surface area contributed by atoms with Crippen LogP contribution in [0.25, 0.3) is 11.0 Å². The van der Waals surface area contributed by atoms with Crippen LogP contribution < -0.4 is 0 Å². The minimum Gasteiger partial charge on any atom is -0.381 e. The highest BCUT2D eigenvalue weighted by Gasteiger charge is 2.10. The van der Waals surface area contributed by atoms with Gasteiger partial charge in [0.1, 0.15) is 5.82 Å². The summed E-state index contributed by atoms with van der Waals surface area (Å²) in [5, 5.41) is 0. The molecule has 5 heteroatoms. The number of benzene rings is 1. The Morgan fingerprint density at radius 3 is 2.90 bits per heavy atom. The average Bonchev–Trinajstić information content (AvgIpc) is 2.75. The lowest BCUT2D eigenvalue weighted by Crippen LogP contribution is -2.09. The number of nitrogens with zero attached hydrogens (tertiary/aromatic N) is 2. The van der Waals surface area contributed by atoms with Crippen molar-refractivity contribution in [2.45, 2.75) is 33.2 Å². The first-order valence-electron chi connectivity index (χ1n) is 7.40. The standard InChI is InChI=1S/C16H22BrClN2O/c1-12(2)11-21-9-3-8-20-15-5-4-13(17)10-14(15)19-16(20)6-7-18/h4-5,10,12H,3,6-9,11H2,1-2H3. The molecular weight excluding hydrogens is 352 g/mol. The quantitative estimate of drug-likeness (QED) is 0.498. The van der Waals surface area contributed by atoms with Gasteiger partial charge in [0, 0.05) is 36.5 Å². The van der Waals surface area contributed by atoms with E-state index in [9.17, 15) is 0 Å². The maximum absolute atomic E-state index is 5.90. The monoisotopic (exact) mass is 372 g/mol. The predicted octanol–water partition coefficient (Wildman–Crippen LogP) is 4.64. The molecule has 0 amide bonds. The first kappa shape index (κ1) is 16.8. The van der Waals surface area contributed by atoms with Gasteiger partial charge in [-0.1, -0.05) is 29.8 Å². The van der Waals surface area contributed by atoms with Gasteiger partial charge in [-0.2, -0.15) is 0 Å². The topological polar surface area (TPSA) is 27.1 Å². The van der Waals surface area contributed by atoms with Crippen molar-refractivity contribution in [1.29, 1.82) is 0 Å². The van der Waals surface area contributed by atoms with E-state index in [1.807, 2.05) is 0 Å². The number of alkyl halides is 1. The summed E-state index contributed by atoms with van der Waals surface area (Å²) in [6.07, 6.45) is 1.78. The summed E-state index contributed by atoms with van der Waals surface area (Å²) in [4.78, 5) is 4.70. The number of hydrogen-bond acceptors (Lipinski definition) is 2. The van der Waals surface area contributed by atoms with Crippen LogP contribution in [0.1, 0.15) is 26.1 Å². The summed E-state index contributed by atoms with van der Waals surface area (Å²) >= 11 is 9.39. The number of aromatic nitrogens is 2. The van der Waals surface area contributed by atoms with Gasteiger partial charge >= 0.3 is 0 Å². The molecule has 0 aliphatic rings. The molecule has 0 unspecified atom stereocenters. The van der Waals surface area contributed by atoms with E-state index in [-0.39, 0.29) is 0 Å². The van der Waals surface area contributed by atoms with E-state index in [2.05, 4.69) is 52.5 Å². The number of fused-ring (bicyclic) bond motifs is 1. The summed E-state index contributed by atoms with van der Waals surface area (Å²) in [6, 6.07) is 6.22.